The van der Waals surface area contributed by atoms with Gasteiger partial charge in [-0.2, -0.15) is 0 Å². The predicted molar refractivity (Wildman–Crippen MR) is 85.5 cm³/mol. The van der Waals surface area contributed by atoms with Gasteiger partial charge in [0.1, 0.15) is 17.6 Å². The first-order valence-electron chi connectivity index (χ1n) is 7.86. The van der Waals surface area contributed by atoms with E-state index in [1.165, 1.54) is 0 Å². The number of hydrogen-bond acceptors (Lipinski definition) is 4. The van der Waals surface area contributed by atoms with Crippen molar-refractivity contribution in [3.05, 3.63) is 54.0 Å². The van der Waals surface area contributed by atoms with Gasteiger partial charge in [-0.25, -0.2) is 0 Å². The number of ether oxygens (including phenoxy) is 1. The lowest BCUT2D eigenvalue weighted by molar-refractivity contribution is -0.145. The van der Waals surface area contributed by atoms with Crippen molar-refractivity contribution in [3.8, 4) is 5.75 Å². The number of carboxylic acids is 1. The van der Waals surface area contributed by atoms with Crippen molar-refractivity contribution in [1.82, 2.24) is 4.90 Å². The Balaban J connectivity index is 1.99. The summed E-state index contributed by atoms with van der Waals surface area (Å²) in [4.78, 5) is 13.7. The van der Waals surface area contributed by atoms with Gasteiger partial charge in [0.15, 0.2) is 0 Å². The van der Waals surface area contributed by atoms with Gasteiger partial charge in [0.25, 0.3) is 0 Å². The number of carbonyl (C=O) groups is 1. The number of methoxy groups -OCH3 is 1. The van der Waals surface area contributed by atoms with E-state index in [0.29, 0.717) is 6.42 Å². The van der Waals surface area contributed by atoms with E-state index in [2.05, 4.69) is 0 Å². The molecule has 2 atom stereocenters. The van der Waals surface area contributed by atoms with Crippen LogP contribution >= 0.6 is 0 Å². The Morgan fingerprint density at radius 1 is 1.30 bits per heavy atom. The molecule has 0 spiro atoms. The van der Waals surface area contributed by atoms with Gasteiger partial charge in [0, 0.05) is 6.54 Å². The van der Waals surface area contributed by atoms with E-state index in [1.807, 2.05) is 41.3 Å². The Morgan fingerprint density at radius 2 is 2.09 bits per heavy atom. The second kappa shape index (κ2) is 6.87. The molecule has 2 aromatic rings. The van der Waals surface area contributed by atoms with Crippen molar-refractivity contribution in [2.24, 2.45) is 0 Å². The second-order valence-corrected chi connectivity index (χ2v) is 5.78. The van der Waals surface area contributed by atoms with E-state index < -0.39 is 12.0 Å². The second-order valence-electron chi connectivity index (χ2n) is 5.78. The smallest absolute Gasteiger partial charge is 0.320 e. The largest absolute Gasteiger partial charge is 0.497 e. The Kier molecular flexibility index (Phi) is 4.67. The van der Waals surface area contributed by atoms with Crippen molar-refractivity contribution in [2.75, 3.05) is 13.7 Å². The minimum atomic E-state index is -0.769. The fourth-order valence-electron chi connectivity index (χ4n) is 3.28. The van der Waals surface area contributed by atoms with Gasteiger partial charge in [-0.3, -0.25) is 9.69 Å². The number of carboxylic acid groups (broad SMARTS) is 1. The third kappa shape index (κ3) is 3.24. The Morgan fingerprint density at radius 3 is 2.70 bits per heavy atom. The molecule has 1 N–H and O–H groups in total. The topological polar surface area (TPSA) is 62.9 Å². The normalized spacial score (nSPS) is 20.1. The monoisotopic (exact) mass is 315 g/mol. The van der Waals surface area contributed by atoms with E-state index in [0.717, 1.165) is 36.5 Å². The lowest BCUT2D eigenvalue weighted by Crippen LogP contribution is -2.46. The average Bonchev–Trinajstić information content (AvgIpc) is 3.10. The molecule has 122 valence electrons. The fourth-order valence-corrected chi connectivity index (χ4v) is 3.28. The third-order valence-electron chi connectivity index (χ3n) is 4.41. The van der Waals surface area contributed by atoms with Crippen LogP contribution in [0.2, 0.25) is 0 Å². The van der Waals surface area contributed by atoms with E-state index in [9.17, 15) is 9.90 Å². The van der Waals surface area contributed by atoms with Gasteiger partial charge in [-0.1, -0.05) is 18.6 Å². The van der Waals surface area contributed by atoms with Crippen LogP contribution in [0.3, 0.4) is 0 Å². The van der Waals surface area contributed by atoms with Gasteiger partial charge in [-0.15, -0.1) is 0 Å². The minimum Gasteiger partial charge on any atom is -0.497 e. The molecular weight excluding hydrogens is 294 g/mol. The molecule has 1 aromatic carbocycles. The van der Waals surface area contributed by atoms with Crippen LogP contribution < -0.4 is 4.74 Å². The Labute approximate surface area is 135 Å². The summed E-state index contributed by atoms with van der Waals surface area (Å²) >= 11 is 0. The maximum absolute atomic E-state index is 11.7. The summed E-state index contributed by atoms with van der Waals surface area (Å²) in [7, 11) is 1.63. The van der Waals surface area contributed by atoms with E-state index in [4.69, 9.17) is 9.15 Å². The summed E-state index contributed by atoms with van der Waals surface area (Å²) in [5.41, 5.74) is 1.01. The molecular formula is C18H21NO4. The SMILES string of the molecule is COc1ccc(C(c2ccco2)N2CCCCC2C(=O)O)cc1. The first kappa shape index (κ1) is 15.6. The van der Waals surface area contributed by atoms with Crippen LogP contribution in [0.25, 0.3) is 0 Å². The number of rotatable bonds is 5. The summed E-state index contributed by atoms with van der Waals surface area (Å²) < 4.78 is 10.8. The molecule has 1 aliphatic heterocycles. The minimum absolute atomic E-state index is 0.197. The zero-order valence-corrected chi connectivity index (χ0v) is 13.1. The van der Waals surface area contributed by atoms with Crippen molar-refractivity contribution >= 4 is 5.97 Å². The number of aliphatic carboxylic acids is 1. The molecule has 1 saturated heterocycles. The van der Waals surface area contributed by atoms with Gasteiger partial charge in [0.2, 0.25) is 0 Å². The lowest BCUT2D eigenvalue weighted by atomic mass is 9.95. The summed E-state index contributed by atoms with van der Waals surface area (Å²) in [6.07, 6.45) is 4.24. The van der Waals surface area contributed by atoms with Crippen molar-refractivity contribution < 1.29 is 19.1 Å². The van der Waals surface area contributed by atoms with Crippen LogP contribution in [0.5, 0.6) is 5.75 Å². The summed E-state index contributed by atoms with van der Waals surface area (Å²) in [6.45, 7) is 0.744. The number of piperidine rings is 1. The Hall–Kier alpha value is -2.27. The number of furan rings is 1. The number of hydrogen-bond donors (Lipinski definition) is 1. The molecule has 1 fully saturated rings. The molecule has 0 aliphatic carbocycles. The van der Waals surface area contributed by atoms with E-state index >= 15 is 0 Å². The fraction of sp³-hybridized carbons (Fsp3) is 0.389. The maximum Gasteiger partial charge on any atom is 0.320 e. The number of benzene rings is 1. The molecule has 5 nitrogen and oxygen atoms in total. The van der Waals surface area contributed by atoms with Gasteiger partial charge < -0.3 is 14.3 Å². The predicted octanol–water partition coefficient (Wildman–Crippen LogP) is 3.32. The molecule has 3 rings (SSSR count). The highest BCUT2D eigenvalue weighted by molar-refractivity contribution is 5.73. The molecule has 1 aromatic heterocycles. The van der Waals surface area contributed by atoms with E-state index in [-0.39, 0.29) is 6.04 Å². The Bertz CT molecular complexity index is 636. The zero-order valence-electron chi connectivity index (χ0n) is 13.1. The van der Waals surface area contributed by atoms with Gasteiger partial charge in [0.05, 0.1) is 19.4 Å². The first-order chi connectivity index (χ1) is 11.2. The van der Waals surface area contributed by atoms with Crippen LogP contribution in [-0.2, 0) is 4.79 Å². The molecule has 23 heavy (non-hydrogen) atoms. The van der Waals surface area contributed by atoms with Crippen molar-refractivity contribution in [3.63, 3.8) is 0 Å². The van der Waals surface area contributed by atoms with Crippen LogP contribution in [-0.4, -0.2) is 35.7 Å². The standard InChI is InChI=1S/C18H21NO4/c1-22-14-9-7-13(8-10-14)17(16-6-4-12-23-16)19-11-3-2-5-15(19)18(20)21/h4,6-10,12,15,17H,2-3,5,11H2,1H3,(H,20,21). The van der Waals surface area contributed by atoms with Crippen molar-refractivity contribution in [1.29, 1.82) is 0 Å². The molecule has 0 radical (unpaired) electrons. The van der Waals surface area contributed by atoms with Crippen LogP contribution in [0.4, 0.5) is 0 Å². The van der Waals surface area contributed by atoms with Crippen LogP contribution in [0.15, 0.2) is 47.1 Å². The van der Waals surface area contributed by atoms with E-state index in [1.54, 1.807) is 13.4 Å². The highest BCUT2D eigenvalue weighted by Crippen LogP contribution is 2.35. The first-order valence-corrected chi connectivity index (χ1v) is 7.86. The van der Waals surface area contributed by atoms with Crippen molar-refractivity contribution in [2.45, 2.75) is 31.3 Å². The van der Waals surface area contributed by atoms with Crippen LogP contribution in [0, 0.1) is 0 Å². The quantitative estimate of drug-likeness (QED) is 0.917. The highest BCUT2D eigenvalue weighted by Gasteiger charge is 2.36. The zero-order chi connectivity index (χ0) is 16.2. The summed E-state index contributed by atoms with van der Waals surface area (Å²) in [5.74, 6) is 0.776. The molecule has 5 heteroatoms. The maximum atomic E-state index is 11.7. The van der Waals surface area contributed by atoms with Gasteiger partial charge >= 0.3 is 5.97 Å². The molecule has 0 bridgehead atoms. The third-order valence-corrected chi connectivity index (χ3v) is 4.41. The van der Waals surface area contributed by atoms with Crippen LogP contribution in [0.1, 0.15) is 36.6 Å². The molecule has 2 heterocycles. The lowest BCUT2D eigenvalue weighted by Gasteiger charge is -2.38. The molecule has 1 aliphatic rings. The summed E-state index contributed by atoms with van der Waals surface area (Å²) in [5, 5.41) is 9.59. The van der Waals surface area contributed by atoms with Gasteiger partial charge in [-0.05, 0) is 42.7 Å². The highest BCUT2D eigenvalue weighted by atomic mass is 16.5. The average molecular weight is 315 g/mol. The number of nitrogens with zero attached hydrogens (tertiary/aromatic N) is 1. The molecule has 0 saturated carbocycles. The number of likely N-dealkylation sites (tertiary alicyclic amines) is 1. The summed E-state index contributed by atoms with van der Waals surface area (Å²) in [6, 6.07) is 10.8. The molecule has 0 amide bonds. The molecule has 2 unspecified atom stereocenters.